The van der Waals surface area contributed by atoms with Gasteiger partial charge in [-0.05, 0) is 18.2 Å². The van der Waals surface area contributed by atoms with Crippen molar-refractivity contribution in [3.63, 3.8) is 0 Å². The van der Waals surface area contributed by atoms with Gasteiger partial charge in [-0.25, -0.2) is 15.0 Å². The Kier molecular flexibility index (Phi) is 3.49. The van der Waals surface area contributed by atoms with Gasteiger partial charge in [0.2, 0.25) is 0 Å². The average molecular weight is 329 g/mol. The normalized spacial score (nSPS) is 11.1. The van der Waals surface area contributed by atoms with Gasteiger partial charge in [0.25, 0.3) is 0 Å². The van der Waals surface area contributed by atoms with Crippen LogP contribution in [-0.4, -0.2) is 15.0 Å². The molecule has 0 aromatic carbocycles. The molecule has 0 radical (unpaired) electrons. The van der Waals surface area contributed by atoms with Crippen LogP contribution >= 0.6 is 46.3 Å². The molecular formula is C11H6Cl2N4S2. The summed E-state index contributed by atoms with van der Waals surface area (Å²) in [5, 5.41) is 1.25. The molecule has 3 heterocycles. The molecule has 0 fully saturated rings. The van der Waals surface area contributed by atoms with E-state index in [2.05, 4.69) is 15.0 Å². The first-order valence-corrected chi connectivity index (χ1v) is 7.53. The number of halogens is 2. The van der Waals surface area contributed by atoms with Gasteiger partial charge in [-0.3, -0.25) is 0 Å². The lowest BCUT2D eigenvalue weighted by molar-refractivity contribution is 1.19. The van der Waals surface area contributed by atoms with Crippen molar-refractivity contribution in [2.24, 2.45) is 0 Å². The number of nitrogens with zero attached hydrogens (tertiary/aromatic N) is 3. The fourth-order valence-corrected chi connectivity index (χ4v) is 3.55. The summed E-state index contributed by atoms with van der Waals surface area (Å²) < 4.78 is 0.482. The second-order valence-corrected chi connectivity index (χ2v) is 6.55. The van der Waals surface area contributed by atoms with E-state index in [1.165, 1.54) is 23.1 Å². The van der Waals surface area contributed by atoms with Gasteiger partial charge in [0.15, 0.2) is 4.47 Å². The first-order chi connectivity index (χ1) is 9.13. The van der Waals surface area contributed by atoms with E-state index in [9.17, 15) is 0 Å². The van der Waals surface area contributed by atoms with Gasteiger partial charge in [0, 0.05) is 11.1 Å². The minimum atomic E-state index is 0.313. The summed E-state index contributed by atoms with van der Waals surface area (Å²) in [5.74, 6) is 0.313. The van der Waals surface area contributed by atoms with E-state index in [-0.39, 0.29) is 0 Å². The third-order valence-electron chi connectivity index (χ3n) is 2.30. The minimum Gasteiger partial charge on any atom is -0.382 e. The van der Waals surface area contributed by atoms with Crippen LogP contribution in [-0.2, 0) is 0 Å². The average Bonchev–Trinajstić information content (AvgIpc) is 2.74. The van der Waals surface area contributed by atoms with Crippen LogP contribution in [0.2, 0.25) is 9.49 Å². The first kappa shape index (κ1) is 12.9. The van der Waals surface area contributed by atoms with Crippen molar-refractivity contribution in [2.45, 2.75) is 9.92 Å². The third kappa shape index (κ3) is 2.62. The van der Waals surface area contributed by atoms with E-state index < -0.39 is 0 Å². The van der Waals surface area contributed by atoms with E-state index in [0.717, 1.165) is 20.3 Å². The van der Waals surface area contributed by atoms with E-state index in [0.29, 0.717) is 15.3 Å². The number of rotatable bonds is 2. The lowest BCUT2D eigenvalue weighted by Gasteiger charge is -2.04. The zero-order chi connectivity index (χ0) is 13.4. The van der Waals surface area contributed by atoms with E-state index >= 15 is 0 Å². The van der Waals surface area contributed by atoms with E-state index in [1.807, 2.05) is 12.1 Å². The minimum absolute atomic E-state index is 0.313. The maximum atomic E-state index is 6.10. The fourth-order valence-electron chi connectivity index (χ4n) is 1.46. The molecule has 0 bridgehead atoms. The lowest BCUT2D eigenvalue weighted by Crippen LogP contribution is -1.91. The van der Waals surface area contributed by atoms with Crippen LogP contribution < -0.4 is 5.73 Å². The summed E-state index contributed by atoms with van der Waals surface area (Å²) in [7, 11) is 0. The molecule has 0 amide bonds. The van der Waals surface area contributed by atoms with Crippen molar-refractivity contribution in [2.75, 3.05) is 5.73 Å². The molecule has 0 spiro atoms. The summed E-state index contributed by atoms with van der Waals surface area (Å²) in [6, 6.07) is 5.55. The zero-order valence-electron chi connectivity index (χ0n) is 9.30. The molecule has 0 saturated heterocycles. The van der Waals surface area contributed by atoms with Crippen LogP contribution in [0.1, 0.15) is 0 Å². The molecule has 0 unspecified atom stereocenters. The Morgan fingerprint density at radius 3 is 2.84 bits per heavy atom. The molecule has 0 atom stereocenters. The Labute approximate surface area is 127 Å². The number of nitrogen functional groups attached to an aromatic ring is 1. The predicted molar refractivity (Wildman–Crippen MR) is 80.2 cm³/mol. The van der Waals surface area contributed by atoms with Gasteiger partial charge >= 0.3 is 0 Å². The van der Waals surface area contributed by atoms with Crippen molar-refractivity contribution in [1.29, 1.82) is 0 Å². The highest BCUT2D eigenvalue weighted by molar-refractivity contribution is 7.99. The van der Waals surface area contributed by atoms with Crippen LogP contribution in [0.4, 0.5) is 5.82 Å². The van der Waals surface area contributed by atoms with Gasteiger partial charge in [-0.2, -0.15) is 0 Å². The highest BCUT2D eigenvalue weighted by atomic mass is 35.5. The molecule has 19 heavy (non-hydrogen) atoms. The van der Waals surface area contributed by atoms with Crippen molar-refractivity contribution in [3.05, 3.63) is 33.9 Å². The number of pyridine rings is 2. The molecule has 8 heteroatoms. The molecule has 4 nitrogen and oxygen atoms in total. The van der Waals surface area contributed by atoms with Crippen LogP contribution in [0.5, 0.6) is 0 Å². The molecule has 3 aromatic heterocycles. The van der Waals surface area contributed by atoms with E-state index in [1.54, 1.807) is 12.3 Å². The van der Waals surface area contributed by atoms with Crippen molar-refractivity contribution >= 4 is 62.5 Å². The van der Waals surface area contributed by atoms with Gasteiger partial charge in [-0.15, -0.1) is 0 Å². The van der Waals surface area contributed by atoms with Gasteiger partial charge in [0.1, 0.15) is 21.2 Å². The molecule has 0 aliphatic heterocycles. The Hall–Kier alpha value is -1.08. The fraction of sp³-hybridized carbons (Fsp3) is 0. The molecule has 2 N–H and O–H groups in total. The second kappa shape index (κ2) is 5.13. The van der Waals surface area contributed by atoms with Crippen molar-refractivity contribution < 1.29 is 0 Å². The monoisotopic (exact) mass is 328 g/mol. The summed E-state index contributed by atoms with van der Waals surface area (Å²) in [6.07, 6.45) is 1.62. The largest absolute Gasteiger partial charge is 0.382 e. The standard InChI is InChI=1S/C11H6Cl2N4S2/c12-8-6(3-4-15-9(8)14)18-7-2-1-5-10(17-7)19-11(13)16-5/h1-4H,(H2,14,15). The molecular weight excluding hydrogens is 323 g/mol. The Morgan fingerprint density at radius 2 is 2.00 bits per heavy atom. The lowest BCUT2D eigenvalue weighted by atomic mass is 10.4. The Bertz CT molecular complexity index is 760. The SMILES string of the molecule is Nc1nccc(Sc2ccc3nc(Cl)sc3n2)c1Cl. The van der Waals surface area contributed by atoms with Gasteiger partial charge in [0.05, 0.1) is 5.02 Å². The summed E-state index contributed by atoms with van der Waals surface area (Å²) >= 11 is 14.7. The van der Waals surface area contributed by atoms with Crippen LogP contribution in [0.3, 0.4) is 0 Å². The molecule has 96 valence electrons. The number of fused-ring (bicyclic) bond motifs is 1. The molecule has 0 saturated carbocycles. The predicted octanol–water partition coefficient (Wildman–Crippen LogP) is 4.13. The number of anilines is 1. The number of hydrogen-bond donors (Lipinski definition) is 1. The van der Waals surface area contributed by atoms with Crippen LogP contribution in [0.25, 0.3) is 10.3 Å². The number of nitrogens with two attached hydrogens (primary N) is 1. The van der Waals surface area contributed by atoms with Gasteiger partial charge < -0.3 is 5.73 Å². The zero-order valence-corrected chi connectivity index (χ0v) is 12.4. The molecule has 3 aromatic rings. The molecule has 0 aliphatic rings. The summed E-state index contributed by atoms with van der Waals surface area (Å²) in [5.41, 5.74) is 6.46. The quantitative estimate of drug-likeness (QED) is 0.766. The van der Waals surface area contributed by atoms with E-state index in [4.69, 9.17) is 28.9 Å². The number of thiazole rings is 1. The van der Waals surface area contributed by atoms with Crippen LogP contribution in [0.15, 0.2) is 34.3 Å². The Morgan fingerprint density at radius 1 is 1.16 bits per heavy atom. The Balaban J connectivity index is 1.98. The summed E-state index contributed by atoms with van der Waals surface area (Å²) in [4.78, 5) is 14.2. The maximum absolute atomic E-state index is 6.10. The van der Waals surface area contributed by atoms with Crippen molar-refractivity contribution in [3.8, 4) is 0 Å². The highest BCUT2D eigenvalue weighted by Gasteiger charge is 2.09. The smallest absolute Gasteiger partial charge is 0.186 e. The van der Waals surface area contributed by atoms with Gasteiger partial charge in [-0.1, -0.05) is 46.3 Å². The van der Waals surface area contributed by atoms with Crippen LogP contribution in [0, 0.1) is 0 Å². The van der Waals surface area contributed by atoms with Crippen molar-refractivity contribution in [1.82, 2.24) is 15.0 Å². The first-order valence-electron chi connectivity index (χ1n) is 5.14. The second-order valence-electron chi connectivity index (χ2n) is 3.55. The molecule has 3 rings (SSSR count). The summed E-state index contributed by atoms with van der Waals surface area (Å²) in [6.45, 7) is 0. The maximum Gasteiger partial charge on any atom is 0.186 e. The topological polar surface area (TPSA) is 64.7 Å². The number of hydrogen-bond acceptors (Lipinski definition) is 6. The molecule has 0 aliphatic carbocycles. The third-order valence-corrected chi connectivity index (χ3v) is 4.87. The number of aromatic nitrogens is 3. The highest BCUT2D eigenvalue weighted by Crippen LogP contribution is 2.35.